The molecular weight excluding hydrogens is 331 g/mol. The van der Waals surface area contributed by atoms with Crippen LogP contribution >= 0.6 is 0 Å². The highest BCUT2D eigenvalue weighted by Gasteiger charge is 2.31. The molecule has 1 aromatic carbocycles. The van der Waals surface area contributed by atoms with Crippen molar-refractivity contribution in [3.8, 4) is 16.9 Å². The standard InChI is InChI=1S/C18H20F3N3O/c1-12-2-6-15(7-3-12)24-17-22-10-14(11-23-17)13-4-8-16(9-5-13)25-18(19,20)21/h4-5,8-12,15H,2-3,6-7H2,1H3,(H,22,23,24). The fraction of sp³-hybridized carbons (Fsp3) is 0.444. The first-order chi connectivity index (χ1) is 11.9. The number of hydrogen-bond acceptors (Lipinski definition) is 4. The van der Waals surface area contributed by atoms with Crippen LogP contribution in [0.1, 0.15) is 32.6 Å². The zero-order valence-electron chi connectivity index (χ0n) is 13.9. The maximum atomic E-state index is 12.2. The van der Waals surface area contributed by atoms with E-state index in [1.165, 1.54) is 25.0 Å². The van der Waals surface area contributed by atoms with E-state index in [0.717, 1.165) is 29.9 Å². The zero-order chi connectivity index (χ0) is 17.9. The summed E-state index contributed by atoms with van der Waals surface area (Å²) in [6.45, 7) is 2.27. The van der Waals surface area contributed by atoms with Gasteiger partial charge in [0.1, 0.15) is 5.75 Å². The minimum atomic E-state index is -4.69. The molecule has 25 heavy (non-hydrogen) atoms. The molecule has 2 aromatic rings. The third-order valence-electron chi connectivity index (χ3n) is 4.42. The van der Waals surface area contributed by atoms with Gasteiger partial charge in [-0.05, 0) is 49.3 Å². The SMILES string of the molecule is CC1CCC(Nc2ncc(-c3ccc(OC(F)(F)F)cc3)cn2)CC1. The molecule has 0 aliphatic heterocycles. The second-order valence-electron chi connectivity index (χ2n) is 6.47. The Hall–Kier alpha value is -2.31. The van der Waals surface area contributed by atoms with Crippen LogP contribution < -0.4 is 10.1 Å². The molecule has 0 unspecified atom stereocenters. The average Bonchev–Trinajstić information content (AvgIpc) is 2.57. The smallest absolute Gasteiger partial charge is 0.406 e. The molecule has 0 spiro atoms. The van der Waals surface area contributed by atoms with Crippen molar-refractivity contribution < 1.29 is 17.9 Å². The van der Waals surface area contributed by atoms with E-state index in [1.54, 1.807) is 24.5 Å². The van der Waals surface area contributed by atoms with Crippen molar-refractivity contribution in [3.63, 3.8) is 0 Å². The van der Waals surface area contributed by atoms with E-state index in [-0.39, 0.29) is 5.75 Å². The fourth-order valence-corrected chi connectivity index (χ4v) is 2.99. The normalized spacial score (nSPS) is 21.0. The van der Waals surface area contributed by atoms with Gasteiger partial charge in [-0.25, -0.2) is 9.97 Å². The van der Waals surface area contributed by atoms with Gasteiger partial charge in [-0.2, -0.15) is 0 Å². The van der Waals surface area contributed by atoms with Crippen LogP contribution in [0.4, 0.5) is 19.1 Å². The lowest BCUT2D eigenvalue weighted by Crippen LogP contribution is -2.26. The van der Waals surface area contributed by atoms with Gasteiger partial charge in [0.2, 0.25) is 5.95 Å². The van der Waals surface area contributed by atoms with Gasteiger partial charge >= 0.3 is 6.36 Å². The van der Waals surface area contributed by atoms with E-state index in [9.17, 15) is 13.2 Å². The number of rotatable bonds is 4. The Bertz CT molecular complexity index is 678. The van der Waals surface area contributed by atoms with Crippen LogP contribution in [-0.2, 0) is 0 Å². The number of nitrogens with zero attached hydrogens (tertiary/aromatic N) is 2. The van der Waals surface area contributed by atoms with Crippen LogP contribution in [0, 0.1) is 5.92 Å². The lowest BCUT2D eigenvalue weighted by Gasteiger charge is -2.26. The second-order valence-corrected chi connectivity index (χ2v) is 6.47. The Morgan fingerprint density at radius 3 is 2.12 bits per heavy atom. The van der Waals surface area contributed by atoms with Gasteiger partial charge in [-0.15, -0.1) is 13.2 Å². The lowest BCUT2D eigenvalue weighted by molar-refractivity contribution is -0.274. The minimum Gasteiger partial charge on any atom is -0.406 e. The summed E-state index contributed by atoms with van der Waals surface area (Å²) in [5.74, 6) is 1.12. The Morgan fingerprint density at radius 1 is 0.960 bits per heavy atom. The summed E-state index contributed by atoms with van der Waals surface area (Å²) in [5.41, 5.74) is 1.47. The van der Waals surface area contributed by atoms with Gasteiger partial charge in [0, 0.05) is 24.0 Å². The molecule has 0 amide bonds. The highest BCUT2D eigenvalue weighted by molar-refractivity contribution is 5.62. The van der Waals surface area contributed by atoms with Crippen LogP contribution in [0.15, 0.2) is 36.7 Å². The average molecular weight is 351 g/mol. The van der Waals surface area contributed by atoms with Crippen LogP contribution in [0.2, 0.25) is 0 Å². The molecule has 1 aliphatic rings. The van der Waals surface area contributed by atoms with Gasteiger partial charge in [-0.1, -0.05) is 19.1 Å². The van der Waals surface area contributed by atoms with Gasteiger partial charge < -0.3 is 10.1 Å². The predicted molar refractivity (Wildman–Crippen MR) is 89.2 cm³/mol. The minimum absolute atomic E-state index is 0.248. The first-order valence-corrected chi connectivity index (χ1v) is 8.34. The maximum absolute atomic E-state index is 12.2. The number of benzene rings is 1. The number of alkyl halides is 3. The van der Waals surface area contributed by atoms with Gasteiger partial charge in [0.15, 0.2) is 0 Å². The van der Waals surface area contributed by atoms with Crippen LogP contribution in [-0.4, -0.2) is 22.4 Å². The third-order valence-corrected chi connectivity index (χ3v) is 4.42. The van der Waals surface area contributed by atoms with Gasteiger partial charge in [0.25, 0.3) is 0 Å². The number of aromatic nitrogens is 2. The van der Waals surface area contributed by atoms with Crippen molar-refractivity contribution >= 4 is 5.95 Å². The monoisotopic (exact) mass is 351 g/mol. The third kappa shape index (κ3) is 5.08. The van der Waals surface area contributed by atoms with Crippen LogP contribution in [0.3, 0.4) is 0 Å². The molecular formula is C18H20F3N3O. The van der Waals surface area contributed by atoms with E-state index in [2.05, 4.69) is 26.9 Å². The van der Waals surface area contributed by atoms with Crippen LogP contribution in [0.5, 0.6) is 5.75 Å². The molecule has 0 atom stereocenters. The zero-order valence-corrected chi connectivity index (χ0v) is 13.9. The van der Waals surface area contributed by atoms with Crippen molar-refractivity contribution in [2.75, 3.05) is 5.32 Å². The van der Waals surface area contributed by atoms with Crippen molar-refractivity contribution in [3.05, 3.63) is 36.7 Å². The molecule has 134 valence electrons. The summed E-state index contributed by atoms with van der Waals surface area (Å²) in [7, 11) is 0. The summed E-state index contributed by atoms with van der Waals surface area (Å²) in [5, 5.41) is 3.35. The molecule has 1 aliphatic carbocycles. The van der Waals surface area contributed by atoms with Crippen molar-refractivity contribution in [1.82, 2.24) is 9.97 Å². The molecule has 1 N–H and O–H groups in total. The highest BCUT2D eigenvalue weighted by Crippen LogP contribution is 2.27. The summed E-state index contributed by atoms with van der Waals surface area (Å²) in [6, 6.07) is 6.06. The van der Waals surface area contributed by atoms with Gasteiger partial charge in [-0.3, -0.25) is 0 Å². The van der Waals surface area contributed by atoms with E-state index in [1.807, 2.05) is 0 Å². The molecule has 0 radical (unpaired) electrons. The number of anilines is 1. The molecule has 1 saturated carbocycles. The number of halogens is 3. The highest BCUT2D eigenvalue weighted by atomic mass is 19.4. The molecule has 1 aromatic heterocycles. The quantitative estimate of drug-likeness (QED) is 0.839. The molecule has 3 rings (SSSR count). The van der Waals surface area contributed by atoms with E-state index < -0.39 is 6.36 Å². The Balaban J connectivity index is 1.62. The van der Waals surface area contributed by atoms with Crippen molar-refractivity contribution in [2.24, 2.45) is 5.92 Å². The first kappa shape index (κ1) is 17.5. The summed E-state index contributed by atoms with van der Waals surface area (Å²) in [6.07, 6.45) is 3.31. The first-order valence-electron chi connectivity index (χ1n) is 8.34. The molecule has 4 nitrogen and oxygen atoms in total. The number of nitrogens with one attached hydrogen (secondary N) is 1. The summed E-state index contributed by atoms with van der Waals surface area (Å²) >= 11 is 0. The summed E-state index contributed by atoms with van der Waals surface area (Å²) in [4.78, 5) is 8.63. The van der Waals surface area contributed by atoms with E-state index in [0.29, 0.717) is 12.0 Å². The number of hydrogen-bond donors (Lipinski definition) is 1. The predicted octanol–water partition coefficient (Wildman–Crippen LogP) is 5.03. The van der Waals surface area contributed by atoms with Crippen molar-refractivity contribution in [2.45, 2.75) is 45.0 Å². The Kier molecular flexibility index (Phi) is 5.11. The fourth-order valence-electron chi connectivity index (χ4n) is 2.99. The van der Waals surface area contributed by atoms with Gasteiger partial charge in [0.05, 0.1) is 0 Å². The molecule has 7 heteroatoms. The number of ether oxygens (including phenoxy) is 1. The molecule has 0 bridgehead atoms. The second kappa shape index (κ2) is 7.29. The van der Waals surface area contributed by atoms with E-state index in [4.69, 9.17) is 0 Å². The maximum Gasteiger partial charge on any atom is 0.573 e. The molecule has 1 heterocycles. The Morgan fingerprint density at radius 2 is 1.56 bits per heavy atom. The Labute approximate surface area is 144 Å². The topological polar surface area (TPSA) is 47.0 Å². The summed E-state index contributed by atoms with van der Waals surface area (Å²) < 4.78 is 40.4. The largest absolute Gasteiger partial charge is 0.573 e. The van der Waals surface area contributed by atoms with E-state index >= 15 is 0 Å². The molecule has 0 saturated heterocycles. The van der Waals surface area contributed by atoms with Crippen molar-refractivity contribution in [1.29, 1.82) is 0 Å². The lowest BCUT2D eigenvalue weighted by atomic mass is 9.87. The molecule has 1 fully saturated rings. The van der Waals surface area contributed by atoms with Crippen LogP contribution in [0.25, 0.3) is 11.1 Å².